The van der Waals surface area contributed by atoms with Gasteiger partial charge < -0.3 is 10.3 Å². The van der Waals surface area contributed by atoms with Crippen LogP contribution in [0.3, 0.4) is 0 Å². The lowest BCUT2D eigenvalue weighted by atomic mass is 10.3. The van der Waals surface area contributed by atoms with Crippen LogP contribution in [-0.2, 0) is 10.0 Å². The standard InChI is InChI=1S/C10H16N6O2S/c1-6(2)16-5-4-7-8(14-15-19(3,17)18)12-10(11)13-9(7)16/h4-6,15H,1-3H3,(H3,11,12,13,14). The molecular formula is C10H16N6O2S. The molecule has 2 aromatic rings. The van der Waals surface area contributed by atoms with Crippen LogP contribution in [0.4, 0.5) is 11.8 Å². The quantitative estimate of drug-likeness (QED) is 0.703. The average Bonchev–Trinajstić information content (AvgIpc) is 2.68. The lowest BCUT2D eigenvalue weighted by Gasteiger charge is -2.11. The zero-order valence-electron chi connectivity index (χ0n) is 10.9. The number of sulfonamides is 1. The predicted octanol–water partition coefficient (Wildman–Crippen LogP) is 0.471. The summed E-state index contributed by atoms with van der Waals surface area (Å²) in [6.45, 7) is 4.03. The van der Waals surface area contributed by atoms with Gasteiger partial charge in [0, 0.05) is 12.2 Å². The summed E-state index contributed by atoms with van der Waals surface area (Å²) in [4.78, 5) is 10.3. The number of aromatic nitrogens is 3. The van der Waals surface area contributed by atoms with E-state index in [-0.39, 0.29) is 12.0 Å². The Kier molecular flexibility index (Phi) is 3.33. The molecule has 0 spiro atoms. The summed E-state index contributed by atoms with van der Waals surface area (Å²) in [5.41, 5.74) is 8.83. The molecule has 0 saturated carbocycles. The van der Waals surface area contributed by atoms with Gasteiger partial charge in [-0.2, -0.15) is 9.97 Å². The van der Waals surface area contributed by atoms with Gasteiger partial charge in [-0.3, -0.25) is 5.43 Å². The number of hydrogen-bond acceptors (Lipinski definition) is 6. The lowest BCUT2D eigenvalue weighted by Crippen LogP contribution is -2.28. The Morgan fingerprint density at radius 2 is 2.05 bits per heavy atom. The fourth-order valence-electron chi connectivity index (χ4n) is 1.70. The molecule has 19 heavy (non-hydrogen) atoms. The molecule has 4 N–H and O–H groups in total. The lowest BCUT2D eigenvalue weighted by molar-refractivity contribution is 0.593. The molecule has 2 rings (SSSR count). The van der Waals surface area contributed by atoms with E-state index < -0.39 is 10.0 Å². The van der Waals surface area contributed by atoms with E-state index in [2.05, 4.69) is 20.2 Å². The third-order valence-corrected chi connectivity index (χ3v) is 2.97. The highest BCUT2D eigenvalue weighted by Gasteiger charge is 2.13. The number of nitrogen functional groups attached to an aromatic ring is 1. The zero-order valence-corrected chi connectivity index (χ0v) is 11.7. The number of nitrogens with zero attached hydrogens (tertiary/aromatic N) is 3. The molecule has 8 nitrogen and oxygen atoms in total. The summed E-state index contributed by atoms with van der Waals surface area (Å²) in [6.07, 6.45) is 2.90. The molecule has 0 aliphatic carbocycles. The largest absolute Gasteiger partial charge is 0.368 e. The van der Waals surface area contributed by atoms with Crippen LogP contribution < -0.4 is 16.0 Å². The molecule has 0 radical (unpaired) electrons. The van der Waals surface area contributed by atoms with Gasteiger partial charge in [-0.25, -0.2) is 8.42 Å². The van der Waals surface area contributed by atoms with Gasteiger partial charge in [0.25, 0.3) is 0 Å². The molecule has 9 heteroatoms. The van der Waals surface area contributed by atoms with Crippen molar-refractivity contribution in [2.45, 2.75) is 19.9 Å². The first kappa shape index (κ1) is 13.6. The highest BCUT2D eigenvalue weighted by molar-refractivity contribution is 7.88. The number of nitrogens with two attached hydrogens (primary N) is 1. The van der Waals surface area contributed by atoms with Crippen molar-refractivity contribution in [3.05, 3.63) is 12.3 Å². The van der Waals surface area contributed by atoms with Gasteiger partial charge in [0.1, 0.15) is 5.65 Å². The molecule has 0 aliphatic heterocycles. The van der Waals surface area contributed by atoms with Crippen LogP contribution in [0.5, 0.6) is 0 Å². The topological polar surface area (TPSA) is 115 Å². The van der Waals surface area contributed by atoms with E-state index in [0.717, 1.165) is 6.26 Å². The minimum atomic E-state index is -3.38. The number of hydrogen-bond donors (Lipinski definition) is 3. The molecule has 2 heterocycles. The van der Waals surface area contributed by atoms with E-state index in [1.54, 1.807) is 6.07 Å². The second-order valence-electron chi connectivity index (χ2n) is 4.48. The third-order valence-electron chi connectivity index (χ3n) is 2.50. The van der Waals surface area contributed by atoms with Crippen molar-refractivity contribution >= 4 is 32.8 Å². The van der Waals surface area contributed by atoms with Gasteiger partial charge >= 0.3 is 0 Å². The van der Waals surface area contributed by atoms with Crippen LogP contribution in [0.25, 0.3) is 11.0 Å². The Morgan fingerprint density at radius 1 is 1.37 bits per heavy atom. The molecule has 0 amide bonds. The summed E-state index contributed by atoms with van der Waals surface area (Å²) >= 11 is 0. The van der Waals surface area contributed by atoms with Gasteiger partial charge in [-0.15, -0.1) is 4.83 Å². The van der Waals surface area contributed by atoms with Gasteiger partial charge in [0.05, 0.1) is 11.6 Å². The van der Waals surface area contributed by atoms with E-state index >= 15 is 0 Å². The van der Waals surface area contributed by atoms with Gasteiger partial charge in [0.15, 0.2) is 5.82 Å². The Balaban J connectivity index is 2.49. The van der Waals surface area contributed by atoms with Crippen LogP contribution >= 0.6 is 0 Å². The van der Waals surface area contributed by atoms with E-state index in [0.29, 0.717) is 16.9 Å². The fraction of sp³-hybridized carbons (Fsp3) is 0.400. The number of fused-ring (bicyclic) bond motifs is 1. The first-order valence-corrected chi connectivity index (χ1v) is 7.54. The van der Waals surface area contributed by atoms with Crippen LogP contribution in [0.2, 0.25) is 0 Å². The fourth-order valence-corrected chi connectivity index (χ4v) is 1.99. The second-order valence-corrected chi connectivity index (χ2v) is 6.23. The molecule has 104 valence electrons. The zero-order chi connectivity index (χ0) is 14.2. The number of hydrazine groups is 1. The van der Waals surface area contributed by atoms with E-state index in [4.69, 9.17) is 5.73 Å². The summed E-state index contributed by atoms with van der Waals surface area (Å²) < 4.78 is 24.1. The van der Waals surface area contributed by atoms with Crippen LogP contribution in [0.15, 0.2) is 12.3 Å². The maximum atomic E-state index is 11.1. The van der Waals surface area contributed by atoms with Crippen molar-refractivity contribution in [3.63, 3.8) is 0 Å². The molecule has 0 unspecified atom stereocenters. The Morgan fingerprint density at radius 3 is 2.63 bits per heavy atom. The number of nitrogens with one attached hydrogen (secondary N) is 2. The Labute approximate surface area is 111 Å². The predicted molar refractivity (Wildman–Crippen MR) is 73.9 cm³/mol. The molecule has 0 atom stereocenters. The highest BCUT2D eigenvalue weighted by Crippen LogP contribution is 2.24. The SMILES string of the molecule is CC(C)n1ccc2c(NNS(C)(=O)=O)nc(N)nc21. The van der Waals surface area contributed by atoms with Crippen LogP contribution in [0.1, 0.15) is 19.9 Å². The van der Waals surface area contributed by atoms with Crippen molar-refractivity contribution in [1.82, 2.24) is 19.4 Å². The normalized spacial score (nSPS) is 12.2. The Bertz CT molecular complexity index is 706. The second kappa shape index (κ2) is 4.67. The molecule has 0 bridgehead atoms. The monoisotopic (exact) mass is 284 g/mol. The molecule has 0 saturated heterocycles. The van der Waals surface area contributed by atoms with E-state index in [1.165, 1.54) is 0 Å². The smallest absolute Gasteiger partial charge is 0.225 e. The number of rotatable bonds is 4. The molecule has 0 aliphatic rings. The first-order valence-electron chi connectivity index (χ1n) is 5.65. The van der Waals surface area contributed by atoms with Gasteiger partial charge in [0.2, 0.25) is 16.0 Å². The van der Waals surface area contributed by atoms with E-state index in [9.17, 15) is 8.42 Å². The third kappa shape index (κ3) is 2.93. The van der Waals surface area contributed by atoms with Gasteiger partial charge in [-0.05, 0) is 19.9 Å². The summed E-state index contributed by atoms with van der Waals surface area (Å²) in [5, 5.41) is 0.694. The molecule has 2 aromatic heterocycles. The number of anilines is 2. The maximum absolute atomic E-state index is 11.1. The van der Waals surface area contributed by atoms with Crippen molar-refractivity contribution in [1.29, 1.82) is 0 Å². The maximum Gasteiger partial charge on any atom is 0.225 e. The van der Waals surface area contributed by atoms with E-state index in [1.807, 2.05) is 24.6 Å². The molecular weight excluding hydrogens is 268 g/mol. The summed E-state index contributed by atoms with van der Waals surface area (Å²) in [6, 6.07) is 2.02. The van der Waals surface area contributed by atoms with Gasteiger partial charge in [-0.1, -0.05) is 0 Å². The average molecular weight is 284 g/mol. The minimum Gasteiger partial charge on any atom is -0.368 e. The van der Waals surface area contributed by atoms with Crippen molar-refractivity contribution in [2.75, 3.05) is 17.4 Å². The summed E-state index contributed by atoms with van der Waals surface area (Å²) in [7, 11) is -3.38. The van der Waals surface area contributed by atoms with Crippen molar-refractivity contribution in [3.8, 4) is 0 Å². The first-order chi connectivity index (χ1) is 8.78. The van der Waals surface area contributed by atoms with Crippen molar-refractivity contribution in [2.24, 2.45) is 0 Å². The minimum absolute atomic E-state index is 0.0749. The van der Waals surface area contributed by atoms with Crippen molar-refractivity contribution < 1.29 is 8.42 Å². The van der Waals surface area contributed by atoms with Crippen LogP contribution in [-0.4, -0.2) is 29.2 Å². The van der Waals surface area contributed by atoms with Crippen LogP contribution in [0, 0.1) is 0 Å². The Hall–Kier alpha value is -1.87. The highest BCUT2D eigenvalue weighted by atomic mass is 32.2. The molecule has 0 fully saturated rings. The summed E-state index contributed by atoms with van der Waals surface area (Å²) in [5.74, 6) is 0.401. The molecule has 0 aromatic carbocycles.